The lowest BCUT2D eigenvalue weighted by Crippen LogP contribution is -2.14. The van der Waals surface area contributed by atoms with Gasteiger partial charge in [-0.15, -0.1) is 0 Å². The molecule has 0 saturated heterocycles. The van der Waals surface area contributed by atoms with Crippen LogP contribution in [0, 0.1) is 6.92 Å². The van der Waals surface area contributed by atoms with Crippen LogP contribution in [-0.2, 0) is 10.0 Å². The maximum absolute atomic E-state index is 11.9. The van der Waals surface area contributed by atoms with E-state index in [1.54, 1.807) is 12.3 Å². The predicted molar refractivity (Wildman–Crippen MR) is 89.8 cm³/mol. The third-order valence-corrected chi connectivity index (χ3v) is 4.68. The van der Waals surface area contributed by atoms with Gasteiger partial charge in [0.25, 0.3) is 0 Å². The van der Waals surface area contributed by atoms with Gasteiger partial charge in [0.1, 0.15) is 10.6 Å². The van der Waals surface area contributed by atoms with E-state index in [0.717, 1.165) is 22.0 Å². The molecule has 2 N–H and O–H groups in total. The average Bonchev–Trinajstić information content (AvgIpc) is 2.53. The predicted octanol–water partition coefficient (Wildman–Crippen LogP) is 2.87. The summed E-state index contributed by atoms with van der Waals surface area (Å²) in [6, 6.07) is 12.8. The molecule has 0 atom stereocenters. The Balaban J connectivity index is 2.44. The van der Waals surface area contributed by atoms with Crippen molar-refractivity contribution in [3.05, 3.63) is 54.2 Å². The molecule has 3 aromatic rings. The zero-order valence-electron chi connectivity index (χ0n) is 12.8. The summed E-state index contributed by atoms with van der Waals surface area (Å²) in [7, 11) is -2.46. The Kier molecular flexibility index (Phi) is 3.79. The van der Waals surface area contributed by atoms with Gasteiger partial charge in [-0.25, -0.2) is 13.6 Å². The first-order chi connectivity index (χ1) is 10.9. The lowest BCUT2D eigenvalue weighted by Gasteiger charge is -2.16. The van der Waals surface area contributed by atoms with Gasteiger partial charge in [0.15, 0.2) is 0 Å². The molecule has 23 heavy (non-hydrogen) atoms. The van der Waals surface area contributed by atoms with Crippen LogP contribution in [-0.4, -0.2) is 20.5 Å². The summed E-state index contributed by atoms with van der Waals surface area (Å²) in [5.74, 6) is 0.241. The standard InChI is InChI=1S/C17H16N2O3S/c1-11-8-9-14(23(18,20)21)17(22-2)15(11)13-7-3-5-12-6-4-10-19-16(12)13/h3-10H,1-2H3,(H2,18,20,21). The number of aryl methyl sites for hydroxylation is 1. The Morgan fingerprint density at radius 3 is 2.52 bits per heavy atom. The number of nitrogens with two attached hydrogens (primary N) is 1. The van der Waals surface area contributed by atoms with Crippen molar-refractivity contribution in [1.82, 2.24) is 4.98 Å². The minimum absolute atomic E-state index is 0.0338. The number of aromatic nitrogens is 1. The van der Waals surface area contributed by atoms with Crippen LogP contribution in [0.2, 0.25) is 0 Å². The molecule has 0 aliphatic heterocycles. The number of primary sulfonamides is 1. The average molecular weight is 328 g/mol. The summed E-state index contributed by atoms with van der Waals surface area (Å²) in [5, 5.41) is 6.28. The van der Waals surface area contributed by atoms with Crippen molar-refractivity contribution >= 4 is 20.9 Å². The molecule has 0 amide bonds. The molecule has 0 radical (unpaired) electrons. The third kappa shape index (κ3) is 2.67. The molecule has 0 saturated carbocycles. The van der Waals surface area contributed by atoms with E-state index in [4.69, 9.17) is 9.88 Å². The van der Waals surface area contributed by atoms with Crippen molar-refractivity contribution in [2.24, 2.45) is 5.14 Å². The lowest BCUT2D eigenvalue weighted by molar-refractivity contribution is 0.404. The first-order valence-electron chi connectivity index (χ1n) is 6.98. The fourth-order valence-electron chi connectivity index (χ4n) is 2.73. The topological polar surface area (TPSA) is 82.3 Å². The van der Waals surface area contributed by atoms with Gasteiger partial charge in [-0.2, -0.15) is 0 Å². The highest BCUT2D eigenvalue weighted by Gasteiger charge is 2.22. The molecule has 1 aromatic heterocycles. The van der Waals surface area contributed by atoms with Crippen LogP contribution in [0.4, 0.5) is 0 Å². The minimum atomic E-state index is -3.89. The summed E-state index contributed by atoms with van der Waals surface area (Å²) >= 11 is 0. The zero-order valence-corrected chi connectivity index (χ0v) is 13.6. The van der Waals surface area contributed by atoms with Crippen molar-refractivity contribution in [3.8, 4) is 16.9 Å². The van der Waals surface area contributed by atoms with E-state index in [-0.39, 0.29) is 10.6 Å². The zero-order chi connectivity index (χ0) is 16.6. The van der Waals surface area contributed by atoms with E-state index < -0.39 is 10.0 Å². The summed E-state index contributed by atoms with van der Waals surface area (Å²) < 4.78 is 29.1. The van der Waals surface area contributed by atoms with E-state index in [1.807, 2.05) is 37.3 Å². The second-order valence-corrected chi connectivity index (χ2v) is 6.74. The van der Waals surface area contributed by atoms with Crippen molar-refractivity contribution in [2.75, 3.05) is 7.11 Å². The number of rotatable bonds is 3. The number of ether oxygens (including phenoxy) is 1. The fraction of sp³-hybridized carbons (Fsp3) is 0.118. The Morgan fingerprint density at radius 2 is 1.83 bits per heavy atom. The van der Waals surface area contributed by atoms with Crippen molar-refractivity contribution in [2.45, 2.75) is 11.8 Å². The number of pyridine rings is 1. The summed E-state index contributed by atoms with van der Waals surface area (Å²) in [5.41, 5.74) is 3.15. The Morgan fingerprint density at radius 1 is 1.09 bits per heavy atom. The number of hydrogen-bond donors (Lipinski definition) is 1. The van der Waals surface area contributed by atoms with E-state index in [2.05, 4.69) is 4.98 Å². The highest BCUT2D eigenvalue weighted by atomic mass is 32.2. The first kappa shape index (κ1) is 15.5. The molecule has 118 valence electrons. The molecule has 0 aliphatic carbocycles. The van der Waals surface area contributed by atoms with Crippen LogP contribution in [0.5, 0.6) is 5.75 Å². The van der Waals surface area contributed by atoms with Gasteiger partial charge < -0.3 is 4.74 Å². The molecule has 0 spiro atoms. The normalized spacial score (nSPS) is 11.6. The van der Waals surface area contributed by atoms with Crippen LogP contribution in [0.3, 0.4) is 0 Å². The second kappa shape index (κ2) is 5.64. The van der Waals surface area contributed by atoms with Crippen LogP contribution in [0.1, 0.15) is 5.56 Å². The third-order valence-electron chi connectivity index (χ3n) is 3.74. The molecule has 0 fully saturated rings. The maximum Gasteiger partial charge on any atom is 0.241 e. The molecular formula is C17H16N2O3S. The molecule has 0 bridgehead atoms. The monoisotopic (exact) mass is 328 g/mol. The van der Waals surface area contributed by atoms with Gasteiger partial charge >= 0.3 is 0 Å². The summed E-state index contributed by atoms with van der Waals surface area (Å²) in [4.78, 5) is 4.40. The SMILES string of the molecule is COc1c(S(N)(=O)=O)ccc(C)c1-c1cccc2cccnc12. The van der Waals surface area contributed by atoms with Crippen molar-refractivity contribution < 1.29 is 13.2 Å². The molecule has 6 heteroatoms. The number of nitrogens with zero attached hydrogens (tertiary/aromatic N) is 1. The highest BCUT2D eigenvalue weighted by Crippen LogP contribution is 2.40. The maximum atomic E-state index is 11.9. The van der Waals surface area contributed by atoms with Crippen LogP contribution < -0.4 is 9.88 Å². The van der Waals surface area contributed by atoms with E-state index in [1.165, 1.54) is 13.2 Å². The molecule has 5 nitrogen and oxygen atoms in total. The molecule has 2 aromatic carbocycles. The quantitative estimate of drug-likeness (QED) is 0.801. The van der Waals surface area contributed by atoms with Gasteiger partial charge in [-0.05, 0) is 24.6 Å². The highest BCUT2D eigenvalue weighted by molar-refractivity contribution is 7.89. The fourth-order valence-corrected chi connectivity index (χ4v) is 3.43. The van der Waals surface area contributed by atoms with Crippen molar-refractivity contribution in [1.29, 1.82) is 0 Å². The van der Waals surface area contributed by atoms with E-state index >= 15 is 0 Å². The van der Waals surface area contributed by atoms with Gasteiger partial charge in [0.2, 0.25) is 10.0 Å². The van der Waals surface area contributed by atoms with Crippen LogP contribution in [0.15, 0.2) is 53.6 Å². The van der Waals surface area contributed by atoms with Gasteiger partial charge in [-0.1, -0.05) is 30.3 Å². The van der Waals surface area contributed by atoms with Crippen LogP contribution >= 0.6 is 0 Å². The first-order valence-corrected chi connectivity index (χ1v) is 8.52. The number of hydrogen-bond acceptors (Lipinski definition) is 4. The lowest BCUT2D eigenvalue weighted by atomic mass is 9.97. The van der Waals surface area contributed by atoms with E-state index in [9.17, 15) is 8.42 Å². The number of sulfonamides is 1. The Hall–Kier alpha value is -2.44. The van der Waals surface area contributed by atoms with Crippen molar-refractivity contribution in [3.63, 3.8) is 0 Å². The smallest absolute Gasteiger partial charge is 0.241 e. The molecule has 0 unspecified atom stereocenters. The van der Waals surface area contributed by atoms with Gasteiger partial charge in [0, 0.05) is 22.7 Å². The Bertz CT molecular complexity index is 993. The molecular weight excluding hydrogens is 312 g/mol. The number of methoxy groups -OCH3 is 1. The number of para-hydroxylation sites is 1. The van der Waals surface area contributed by atoms with Crippen LogP contribution in [0.25, 0.3) is 22.0 Å². The largest absolute Gasteiger partial charge is 0.495 e. The summed E-state index contributed by atoms with van der Waals surface area (Å²) in [6.07, 6.45) is 1.71. The molecule has 1 heterocycles. The minimum Gasteiger partial charge on any atom is -0.495 e. The molecule has 3 rings (SSSR count). The number of fused-ring (bicyclic) bond motifs is 1. The Labute approximate surface area is 134 Å². The van der Waals surface area contributed by atoms with Gasteiger partial charge in [-0.3, -0.25) is 4.98 Å². The van der Waals surface area contributed by atoms with E-state index in [0.29, 0.717) is 5.56 Å². The second-order valence-electron chi connectivity index (χ2n) is 5.21. The summed E-state index contributed by atoms with van der Waals surface area (Å²) in [6.45, 7) is 1.90. The van der Waals surface area contributed by atoms with Gasteiger partial charge in [0.05, 0.1) is 12.6 Å². The number of benzene rings is 2. The molecule has 0 aliphatic rings.